The van der Waals surface area contributed by atoms with E-state index in [1.165, 1.54) is 7.11 Å². The van der Waals surface area contributed by atoms with Crippen LogP contribution in [0, 0.1) is 17.8 Å². The molecule has 0 aliphatic rings. The molecule has 0 fully saturated rings. The molecule has 0 unspecified atom stereocenters. The fourth-order valence-corrected chi connectivity index (χ4v) is 3.76. The summed E-state index contributed by atoms with van der Waals surface area (Å²) in [4.78, 5) is 23.7. The van der Waals surface area contributed by atoms with Crippen molar-refractivity contribution in [1.82, 2.24) is 5.32 Å². The maximum Gasteiger partial charge on any atom is 0.343 e. The number of hydrogen-bond acceptors (Lipinski definition) is 7. The van der Waals surface area contributed by atoms with Crippen molar-refractivity contribution in [2.24, 2.45) is 23.5 Å². The van der Waals surface area contributed by atoms with Gasteiger partial charge < -0.3 is 30.4 Å². The summed E-state index contributed by atoms with van der Waals surface area (Å²) in [6.07, 6.45) is 2.88. The largest absolute Gasteiger partial charge is 0.493 e. The number of nitrogens with two attached hydrogens (primary N) is 1. The van der Waals surface area contributed by atoms with Crippen LogP contribution in [-0.2, 0) is 20.7 Å². The monoisotopic (exact) mass is 516 g/mol. The second-order valence-electron chi connectivity index (χ2n) is 9.31. The molecule has 0 aromatic heterocycles. The molecule has 0 saturated carbocycles. The van der Waals surface area contributed by atoms with Gasteiger partial charge in [-0.1, -0.05) is 40.2 Å². The second-order valence-corrected chi connectivity index (χ2v) is 9.31. The van der Waals surface area contributed by atoms with Crippen LogP contribution in [0.4, 0.5) is 0 Å². The number of aliphatic hydroxyl groups excluding tert-OH is 1. The number of esters is 1. The Hall–Kier alpha value is -2.03. The summed E-state index contributed by atoms with van der Waals surface area (Å²) in [6, 6.07) is 5.20. The summed E-state index contributed by atoms with van der Waals surface area (Å²) in [7, 11) is 2.85. The Morgan fingerprint density at radius 2 is 1.80 bits per heavy atom. The van der Waals surface area contributed by atoms with Gasteiger partial charge >= 0.3 is 5.97 Å². The molecule has 4 atom stereocenters. The number of carbonyl (C=O) groups excluding carboxylic acids is 2. The van der Waals surface area contributed by atoms with Crippen LogP contribution in [0.25, 0.3) is 0 Å². The summed E-state index contributed by atoms with van der Waals surface area (Å²) < 4.78 is 15.6. The minimum Gasteiger partial charge on any atom is -0.493 e. The summed E-state index contributed by atoms with van der Waals surface area (Å²) in [5, 5.41) is 13.6. The van der Waals surface area contributed by atoms with Crippen LogP contribution in [-0.4, -0.2) is 56.5 Å². The van der Waals surface area contributed by atoms with Crippen LogP contribution in [0.2, 0.25) is 0 Å². The summed E-state index contributed by atoms with van der Waals surface area (Å²) in [5.41, 5.74) is 7.39. The molecule has 0 spiro atoms. The molecule has 1 aromatic rings. The molecule has 202 valence electrons. The van der Waals surface area contributed by atoms with Crippen LogP contribution in [0.5, 0.6) is 11.5 Å². The van der Waals surface area contributed by atoms with Crippen LogP contribution in [0.1, 0.15) is 58.9 Å². The number of amides is 1. The molecule has 9 heteroatoms. The Balaban J connectivity index is 0.0000116. The zero-order valence-corrected chi connectivity index (χ0v) is 22.9. The first kappa shape index (κ1) is 33.0. The fraction of sp³-hybridized carbons (Fsp3) is 0.692. The SMILES string of the molecule is CCCCNC(=O)[C@H](C)C[C@H](O)[C@@H](N)C[C@H](Cc1ccc(OC)c(OCC(=O)OC)c1)C(C)C.Cl. The Morgan fingerprint density at radius 3 is 2.37 bits per heavy atom. The third-order valence-corrected chi connectivity index (χ3v) is 6.18. The molecule has 35 heavy (non-hydrogen) atoms. The van der Waals surface area contributed by atoms with E-state index in [1.54, 1.807) is 7.11 Å². The number of hydrogen-bond donors (Lipinski definition) is 3. The Kier molecular flexibility index (Phi) is 16.4. The molecular formula is C26H45ClN2O6. The van der Waals surface area contributed by atoms with Crippen molar-refractivity contribution in [2.45, 2.75) is 71.9 Å². The van der Waals surface area contributed by atoms with Gasteiger partial charge in [-0.15, -0.1) is 12.4 Å². The summed E-state index contributed by atoms with van der Waals surface area (Å²) in [5.74, 6) is 0.729. The molecule has 4 N–H and O–H groups in total. The highest BCUT2D eigenvalue weighted by Crippen LogP contribution is 2.31. The van der Waals surface area contributed by atoms with Crippen molar-refractivity contribution < 1.29 is 28.9 Å². The van der Waals surface area contributed by atoms with E-state index in [4.69, 9.17) is 15.2 Å². The molecule has 1 rings (SSSR count). The number of benzene rings is 1. The normalized spacial score (nSPS) is 14.3. The maximum atomic E-state index is 12.2. The van der Waals surface area contributed by atoms with Gasteiger partial charge in [0, 0.05) is 18.5 Å². The first-order valence-electron chi connectivity index (χ1n) is 12.2. The lowest BCUT2D eigenvalue weighted by molar-refractivity contribution is -0.142. The highest BCUT2D eigenvalue weighted by molar-refractivity contribution is 5.85. The van der Waals surface area contributed by atoms with Gasteiger partial charge in [-0.2, -0.15) is 0 Å². The fourth-order valence-electron chi connectivity index (χ4n) is 3.76. The Morgan fingerprint density at radius 1 is 1.11 bits per heavy atom. The minimum absolute atomic E-state index is 0. The summed E-state index contributed by atoms with van der Waals surface area (Å²) >= 11 is 0. The maximum absolute atomic E-state index is 12.2. The number of rotatable bonds is 16. The van der Waals surface area contributed by atoms with E-state index in [0.717, 1.165) is 24.8 Å². The molecule has 0 radical (unpaired) electrons. The van der Waals surface area contributed by atoms with E-state index < -0.39 is 18.1 Å². The predicted molar refractivity (Wildman–Crippen MR) is 140 cm³/mol. The van der Waals surface area contributed by atoms with Crippen LogP contribution in [0.3, 0.4) is 0 Å². The first-order chi connectivity index (χ1) is 16.1. The van der Waals surface area contributed by atoms with Crippen molar-refractivity contribution in [2.75, 3.05) is 27.4 Å². The molecule has 0 saturated heterocycles. The number of carbonyl (C=O) groups is 2. The van der Waals surface area contributed by atoms with E-state index in [9.17, 15) is 14.7 Å². The quantitative estimate of drug-likeness (QED) is 0.227. The zero-order chi connectivity index (χ0) is 25.7. The third kappa shape index (κ3) is 12.0. The number of nitrogens with one attached hydrogen (secondary N) is 1. The summed E-state index contributed by atoms with van der Waals surface area (Å²) in [6.45, 7) is 8.61. The number of ether oxygens (including phenoxy) is 3. The van der Waals surface area contributed by atoms with Crippen molar-refractivity contribution >= 4 is 24.3 Å². The van der Waals surface area contributed by atoms with E-state index in [-0.39, 0.29) is 36.8 Å². The van der Waals surface area contributed by atoms with Crippen LogP contribution >= 0.6 is 12.4 Å². The highest BCUT2D eigenvalue weighted by atomic mass is 35.5. The van der Waals surface area contributed by atoms with Crippen molar-refractivity contribution in [1.29, 1.82) is 0 Å². The zero-order valence-electron chi connectivity index (χ0n) is 22.0. The smallest absolute Gasteiger partial charge is 0.343 e. The molecule has 0 aliphatic carbocycles. The molecule has 8 nitrogen and oxygen atoms in total. The van der Waals surface area contributed by atoms with E-state index in [1.807, 2.05) is 25.1 Å². The van der Waals surface area contributed by atoms with Gasteiger partial charge in [0.05, 0.1) is 20.3 Å². The third-order valence-electron chi connectivity index (χ3n) is 6.18. The van der Waals surface area contributed by atoms with Gasteiger partial charge in [0.2, 0.25) is 5.91 Å². The Bertz CT molecular complexity index is 761. The first-order valence-corrected chi connectivity index (χ1v) is 12.2. The standard InChI is InChI=1S/C26H44N2O6.ClH/c1-7-8-11-28-26(31)18(4)12-22(29)21(27)15-20(17(2)3)13-19-9-10-23(32-5)24(14-19)34-16-25(30)33-6;/h9-10,14,17-18,20-22,29H,7-8,11-13,15-16,27H2,1-6H3,(H,28,31);1H/t18-,20+,21+,22+;/m1./s1. The molecule has 1 amide bonds. The van der Waals surface area contributed by atoms with Crippen molar-refractivity contribution in [3.63, 3.8) is 0 Å². The van der Waals surface area contributed by atoms with Crippen molar-refractivity contribution in [3.05, 3.63) is 23.8 Å². The topological polar surface area (TPSA) is 120 Å². The van der Waals surface area contributed by atoms with Gasteiger partial charge in [0.1, 0.15) is 0 Å². The molecule has 0 heterocycles. The van der Waals surface area contributed by atoms with Gasteiger partial charge in [-0.05, 0) is 55.2 Å². The Labute approximate surface area is 216 Å². The molecule has 0 bridgehead atoms. The second kappa shape index (κ2) is 17.4. The molecule has 0 aliphatic heterocycles. The lowest BCUT2D eigenvalue weighted by Crippen LogP contribution is -2.41. The number of unbranched alkanes of at least 4 members (excludes halogenated alkanes) is 1. The average Bonchev–Trinajstić information content (AvgIpc) is 2.81. The predicted octanol–water partition coefficient (Wildman–Crippen LogP) is 3.50. The van der Waals surface area contributed by atoms with Gasteiger partial charge in [-0.25, -0.2) is 4.79 Å². The number of methoxy groups -OCH3 is 2. The molecular weight excluding hydrogens is 472 g/mol. The van der Waals surface area contributed by atoms with E-state index >= 15 is 0 Å². The number of aliphatic hydroxyl groups is 1. The van der Waals surface area contributed by atoms with Crippen LogP contribution in [0.15, 0.2) is 18.2 Å². The van der Waals surface area contributed by atoms with Gasteiger partial charge in [0.15, 0.2) is 18.1 Å². The van der Waals surface area contributed by atoms with E-state index in [2.05, 4.69) is 30.8 Å². The van der Waals surface area contributed by atoms with Gasteiger partial charge in [-0.3, -0.25) is 4.79 Å². The van der Waals surface area contributed by atoms with Crippen LogP contribution < -0.4 is 20.5 Å². The van der Waals surface area contributed by atoms with Crippen molar-refractivity contribution in [3.8, 4) is 11.5 Å². The lowest BCUT2D eigenvalue weighted by atomic mass is 9.82. The van der Waals surface area contributed by atoms with E-state index in [0.29, 0.717) is 36.8 Å². The minimum atomic E-state index is -0.761. The lowest BCUT2D eigenvalue weighted by Gasteiger charge is -2.28. The highest BCUT2D eigenvalue weighted by Gasteiger charge is 2.26. The average molecular weight is 517 g/mol. The number of halogens is 1. The molecule has 1 aromatic carbocycles. The van der Waals surface area contributed by atoms with Gasteiger partial charge in [0.25, 0.3) is 0 Å².